The monoisotopic (exact) mass is 158 g/mol. The number of carboxylic acid groups (broad SMARTS) is 1. The van der Waals surface area contributed by atoms with Crippen LogP contribution in [0.4, 0.5) is 0 Å². The molecule has 0 aliphatic heterocycles. The lowest BCUT2D eigenvalue weighted by Crippen LogP contribution is -1.96. The molecule has 0 bridgehead atoms. The van der Waals surface area contributed by atoms with Crippen LogP contribution in [0.3, 0.4) is 0 Å². The third-order valence-electron chi connectivity index (χ3n) is 1.34. The van der Waals surface area contributed by atoms with Gasteiger partial charge >= 0.3 is 5.97 Å². The van der Waals surface area contributed by atoms with Gasteiger partial charge in [0.05, 0.1) is 0 Å². The van der Waals surface area contributed by atoms with E-state index < -0.39 is 5.97 Å². The average Bonchev–Trinajstić information content (AvgIpc) is 1.97. The summed E-state index contributed by atoms with van der Waals surface area (Å²) in [6.07, 6.45) is 3.36. The Kier molecular flexibility index (Phi) is 5.47. The van der Waals surface area contributed by atoms with Crippen molar-refractivity contribution in [3.63, 3.8) is 0 Å². The molecule has 64 valence electrons. The Morgan fingerprint density at radius 3 is 2.73 bits per heavy atom. The number of unbranched alkanes of at least 4 members (excludes halogenated alkanes) is 1. The van der Waals surface area contributed by atoms with Crippen molar-refractivity contribution >= 4 is 5.97 Å². The SMILES string of the molecule is COCCC/C=C(\C)C(=O)O. The van der Waals surface area contributed by atoms with Crippen molar-refractivity contribution in [3.8, 4) is 0 Å². The molecule has 0 radical (unpaired) electrons. The first-order valence-corrected chi connectivity index (χ1v) is 3.57. The van der Waals surface area contributed by atoms with Gasteiger partial charge in [0, 0.05) is 19.3 Å². The van der Waals surface area contributed by atoms with Crippen LogP contribution in [0, 0.1) is 0 Å². The van der Waals surface area contributed by atoms with Crippen LogP contribution in [0.1, 0.15) is 19.8 Å². The molecule has 0 saturated carbocycles. The van der Waals surface area contributed by atoms with E-state index in [1.165, 1.54) is 0 Å². The third kappa shape index (κ3) is 5.61. The zero-order valence-corrected chi connectivity index (χ0v) is 6.96. The fourth-order valence-corrected chi connectivity index (χ4v) is 0.634. The molecular weight excluding hydrogens is 144 g/mol. The van der Waals surface area contributed by atoms with Crippen molar-refractivity contribution in [3.05, 3.63) is 11.6 Å². The van der Waals surface area contributed by atoms with Gasteiger partial charge in [-0.25, -0.2) is 4.79 Å². The highest BCUT2D eigenvalue weighted by Crippen LogP contribution is 1.98. The Balaban J connectivity index is 3.48. The molecule has 0 atom stereocenters. The van der Waals surface area contributed by atoms with E-state index in [0.29, 0.717) is 12.2 Å². The topological polar surface area (TPSA) is 46.5 Å². The van der Waals surface area contributed by atoms with E-state index in [9.17, 15) is 4.79 Å². The summed E-state index contributed by atoms with van der Waals surface area (Å²) in [6.45, 7) is 2.28. The summed E-state index contributed by atoms with van der Waals surface area (Å²) >= 11 is 0. The maximum absolute atomic E-state index is 10.3. The lowest BCUT2D eigenvalue weighted by atomic mass is 10.2. The van der Waals surface area contributed by atoms with E-state index in [0.717, 1.165) is 12.8 Å². The second-order valence-electron chi connectivity index (χ2n) is 2.33. The number of hydrogen-bond donors (Lipinski definition) is 1. The third-order valence-corrected chi connectivity index (χ3v) is 1.34. The maximum Gasteiger partial charge on any atom is 0.330 e. The Morgan fingerprint density at radius 1 is 1.64 bits per heavy atom. The number of aliphatic carboxylic acids is 1. The summed E-state index contributed by atoms with van der Waals surface area (Å²) in [6, 6.07) is 0. The van der Waals surface area contributed by atoms with Gasteiger partial charge in [-0.1, -0.05) is 6.08 Å². The number of allylic oxidation sites excluding steroid dienone is 1. The average molecular weight is 158 g/mol. The summed E-state index contributed by atoms with van der Waals surface area (Å²) in [5, 5.41) is 8.44. The van der Waals surface area contributed by atoms with Gasteiger partial charge < -0.3 is 9.84 Å². The van der Waals surface area contributed by atoms with Crippen molar-refractivity contribution in [2.45, 2.75) is 19.8 Å². The molecule has 0 saturated heterocycles. The Bertz CT molecular complexity index is 149. The van der Waals surface area contributed by atoms with Gasteiger partial charge in [-0.15, -0.1) is 0 Å². The van der Waals surface area contributed by atoms with Gasteiger partial charge in [-0.2, -0.15) is 0 Å². The highest BCUT2D eigenvalue weighted by Gasteiger charge is 1.96. The molecule has 11 heavy (non-hydrogen) atoms. The standard InChI is InChI=1S/C8H14O3/c1-7(8(9)10)5-3-4-6-11-2/h5H,3-4,6H2,1-2H3,(H,9,10)/b7-5+. The molecule has 0 aliphatic carbocycles. The van der Waals surface area contributed by atoms with Crippen molar-refractivity contribution in [2.75, 3.05) is 13.7 Å². The summed E-state index contributed by atoms with van der Waals surface area (Å²) < 4.78 is 4.81. The minimum Gasteiger partial charge on any atom is -0.478 e. The van der Waals surface area contributed by atoms with Gasteiger partial charge in [0.1, 0.15) is 0 Å². The molecule has 0 unspecified atom stereocenters. The van der Waals surface area contributed by atoms with E-state index >= 15 is 0 Å². The molecule has 1 N–H and O–H groups in total. The Morgan fingerprint density at radius 2 is 2.27 bits per heavy atom. The van der Waals surface area contributed by atoms with Crippen LogP contribution < -0.4 is 0 Å². The molecular formula is C8H14O3. The summed E-state index contributed by atoms with van der Waals surface area (Å²) in [4.78, 5) is 10.3. The zero-order valence-electron chi connectivity index (χ0n) is 6.96. The first-order chi connectivity index (χ1) is 5.18. The number of carbonyl (C=O) groups is 1. The smallest absolute Gasteiger partial charge is 0.330 e. The predicted octanol–water partition coefficient (Wildman–Crippen LogP) is 1.44. The largest absolute Gasteiger partial charge is 0.478 e. The molecule has 0 spiro atoms. The number of ether oxygens (including phenoxy) is 1. The van der Waals surface area contributed by atoms with Crippen LogP contribution in [0.2, 0.25) is 0 Å². The van der Waals surface area contributed by atoms with Crippen LogP contribution in [0.15, 0.2) is 11.6 Å². The highest BCUT2D eigenvalue weighted by molar-refractivity contribution is 5.85. The zero-order chi connectivity index (χ0) is 8.69. The molecule has 0 aromatic carbocycles. The van der Waals surface area contributed by atoms with Gasteiger partial charge in [-0.05, 0) is 19.8 Å². The van der Waals surface area contributed by atoms with Crippen LogP contribution in [0.5, 0.6) is 0 Å². The molecule has 3 nitrogen and oxygen atoms in total. The highest BCUT2D eigenvalue weighted by atomic mass is 16.5. The lowest BCUT2D eigenvalue weighted by Gasteiger charge is -1.94. The predicted molar refractivity (Wildman–Crippen MR) is 42.5 cm³/mol. The Hall–Kier alpha value is -0.830. The van der Waals surface area contributed by atoms with Gasteiger partial charge in [-0.3, -0.25) is 0 Å². The maximum atomic E-state index is 10.3. The number of carboxylic acids is 1. The van der Waals surface area contributed by atoms with Crippen molar-refractivity contribution in [1.29, 1.82) is 0 Å². The minimum atomic E-state index is -0.845. The van der Waals surface area contributed by atoms with E-state index in [2.05, 4.69) is 0 Å². The van der Waals surface area contributed by atoms with E-state index in [1.54, 1.807) is 20.1 Å². The molecule has 0 aromatic heterocycles. The van der Waals surface area contributed by atoms with Crippen molar-refractivity contribution in [1.82, 2.24) is 0 Å². The van der Waals surface area contributed by atoms with Gasteiger partial charge in [0.25, 0.3) is 0 Å². The summed E-state index contributed by atoms with van der Waals surface area (Å²) in [5.74, 6) is -0.845. The van der Waals surface area contributed by atoms with Crippen molar-refractivity contribution in [2.24, 2.45) is 0 Å². The fraction of sp³-hybridized carbons (Fsp3) is 0.625. The number of methoxy groups -OCH3 is 1. The second-order valence-corrected chi connectivity index (χ2v) is 2.33. The van der Waals surface area contributed by atoms with Gasteiger partial charge in [0.2, 0.25) is 0 Å². The quantitative estimate of drug-likeness (QED) is 0.486. The molecule has 0 aromatic rings. The van der Waals surface area contributed by atoms with E-state index in [-0.39, 0.29) is 0 Å². The van der Waals surface area contributed by atoms with E-state index in [4.69, 9.17) is 9.84 Å². The minimum absolute atomic E-state index is 0.404. The van der Waals surface area contributed by atoms with Crippen LogP contribution >= 0.6 is 0 Å². The molecule has 0 rings (SSSR count). The second kappa shape index (κ2) is 5.92. The lowest BCUT2D eigenvalue weighted by molar-refractivity contribution is -0.132. The molecule has 3 heteroatoms. The van der Waals surface area contributed by atoms with Crippen LogP contribution in [0.25, 0.3) is 0 Å². The number of rotatable bonds is 5. The normalized spacial score (nSPS) is 11.6. The van der Waals surface area contributed by atoms with Gasteiger partial charge in [0.15, 0.2) is 0 Å². The van der Waals surface area contributed by atoms with E-state index in [1.807, 2.05) is 0 Å². The molecule has 0 fully saturated rings. The summed E-state index contributed by atoms with van der Waals surface area (Å²) in [5.41, 5.74) is 0.404. The molecule has 0 aliphatic rings. The first kappa shape index (κ1) is 10.2. The first-order valence-electron chi connectivity index (χ1n) is 3.57. The summed E-state index contributed by atoms with van der Waals surface area (Å²) in [7, 11) is 1.63. The molecule has 0 amide bonds. The number of hydrogen-bond acceptors (Lipinski definition) is 2. The Labute approximate surface area is 66.7 Å². The fourth-order valence-electron chi connectivity index (χ4n) is 0.634. The molecule has 0 heterocycles. The van der Waals surface area contributed by atoms with Crippen LogP contribution in [-0.4, -0.2) is 24.8 Å². The van der Waals surface area contributed by atoms with Crippen molar-refractivity contribution < 1.29 is 14.6 Å². The van der Waals surface area contributed by atoms with Crippen LogP contribution in [-0.2, 0) is 9.53 Å².